The predicted molar refractivity (Wildman–Crippen MR) is 76.8 cm³/mol. The Balaban J connectivity index is 2.95. The SMILES string of the molecule is COC(=O)[C@H](N=[N+]=[N-])[C@H]1CN(C(=O)OC(C)(C)C)C(C)(C)O1. The molecule has 0 spiro atoms. The molecule has 0 bridgehead atoms. The first-order chi connectivity index (χ1) is 10.0. The van der Waals surface area contributed by atoms with Crippen molar-refractivity contribution >= 4 is 12.1 Å². The van der Waals surface area contributed by atoms with Crippen LogP contribution in [0.3, 0.4) is 0 Å². The Hall–Kier alpha value is -1.99. The third-order valence-corrected chi connectivity index (χ3v) is 3.04. The van der Waals surface area contributed by atoms with Gasteiger partial charge in [0.25, 0.3) is 0 Å². The van der Waals surface area contributed by atoms with Crippen molar-refractivity contribution in [2.45, 2.75) is 58.1 Å². The number of nitrogens with zero attached hydrogens (tertiary/aromatic N) is 4. The lowest BCUT2D eigenvalue weighted by molar-refractivity contribution is -0.147. The van der Waals surface area contributed by atoms with E-state index in [-0.39, 0.29) is 6.54 Å². The normalized spacial score (nSPS) is 21.7. The summed E-state index contributed by atoms with van der Waals surface area (Å²) in [4.78, 5) is 27.9. The maximum Gasteiger partial charge on any atom is 0.412 e. The summed E-state index contributed by atoms with van der Waals surface area (Å²) in [5.74, 6) is -0.718. The minimum absolute atomic E-state index is 0.0563. The Morgan fingerprint density at radius 3 is 2.50 bits per heavy atom. The number of carbonyl (C=O) groups excluding carboxylic acids is 2. The fourth-order valence-corrected chi connectivity index (χ4v) is 2.10. The maximum atomic E-state index is 12.2. The van der Waals surface area contributed by atoms with Gasteiger partial charge in [0, 0.05) is 4.91 Å². The number of carbonyl (C=O) groups is 2. The summed E-state index contributed by atoms with van der Waals surface area (Å²) < 4.78 is 15.6. The average Bonchev–Trinajstić information content (AvgIpc) is 2.68. The minimum atomic E-state index is -1.17. The Morgan fingerprint density at radius 1 is 1.45 bits per heavy atom. The van der Waals surface area contributed by atoms with Gasteiger partial charge in [-0.15, -0.1) is 0 Å². The third kappa shape index (κ3) is 4.25. The molecule has 1 fully saturated rings. The van der Waals surface area contributed by atoms with Crippen molar-refractivity contribution < 1.29 is 23.8 Å². The summed E-state index contributed by atoms with van der Waals surface area (Å²) in [7, 11) is 1.19. The summed E-state index contributed by atoms with van der Waals surface area (Å²) in [6.07, 6.45) is -1.37. The second-order valence-corrected chi connectivity index (χ2v) is 6.37. The van der Waals surface area contributed by atoms with E-state index in [2.05, 4.69) is 14.8 Å². The van der Waals surface area contributed by atoms with Crippen LogP contribution in [0.25, 0.3) is 10.4 Å². The molecule has 2 atom stereocenters. The van der Waals surface area contributed by atoms with Crippen molar-refractivity contribution in [1.82, 2.24) is 4.90 Å². The molecule has 1 aliphatic rings. The molecule has 1 rings (SSSR count). The highest BCUT2D eigenvalue weighted by Crippen LogP contribution is 2.31. The number of esters is 1. The summed E-state index contributed by atoms with van der Waals surface area (Å²) in [5, 5.41) is 3.41. The van der Waals surface area contributed by atoms with Gasteiger partial charge in [-0.3, -0.25) is 9.69 Å². The summed E-state index contributed by atoms with van der Waals surface area (Å²) in [6.45, 7) is 8.65. The molecule has 0 aromatic rings. The van der Waals surface area contributed by atoms with Gasteiger partial charge in [0.2, 0.25) is 0 Å². The molecule has 1 heterocycles. The van der Waals surface area contributed by atoms with E-state index in [0.29, 0.717) is 0 Å². The van der Waals surface area contributed by atoms with Crippen LogP contribution in [0.4, 0.5) is 4.79 Å². The average molecular weight is 314 g/mol. The van der Waals surface area contributed by atoms with Crippen LogP contribution in [0.5, 0.6) is 0 Å². The van der Waals surface area contributed by atoms with Gasteiger partial charge in [0.05, 0.1) is 19.8 Å². The van der Waals surface area contributed by atoms with E-state index in [1.165, 1.54) is 12.0 Å². The molecule has 9 nitrogen and oxygen atoms in total. The number of azide groups is 1. The summed E-state index contributed by atoms with van der Waals surface area (Å²) >= 11 is 0. The van der Waals surface area contributed by atoms with E-state index in [1.54, 1.807) is 34.6 Å². The molecule has 0 radical (unpaired) electrons. The number of rotatable bonds is 3. The zero-order valence-corrected chi connectivity index (χ0v) is 13.7. The molecule has 1 aliphatic heterocycles. The van der Waals surface area contributed by atoms with Crippen LogP contribution in [-0.4, -0.2) is 54.1 Å². The van der Waals surface area contributed by atoms with Gasteiger partial charge in [-0.1, -0.05) is 5.11 Å². The standard InChI is InChI=1S/C13H22N4O5/c1-12(2,3)22-11(19)17-7-8(21-13(17,4)5)9(15-16-14)10(18)20-6/h8-9H,7H2,1-6H3/t8-,9-/m1/s1. The van der Waals surface area contributed by atoms with Gasteiger partial charge in [0.1, 0.15) is 11.3 Å². The summed E-state index contributed by atoms with van der Waals surface area (Å²) in [5.41, 5.74) is 6.94. The zero-order valence-electron chi connectivity index (χ0n) is 13.7. The quantitative estimate of drug-likeness (QED) is 0.343. The van der Waals surface area contributed by atoms with E-state index >= 15 is 0 Å². The lowest BCUT2D eigenvalue weighted by Gasteiger charge is -2.31. The Kier molecular flexibility index (Phi) is 5.26. The van der Waals surface area contributed by atoms with Gasteiger partial charge < -0.3 is 14.2 Å². The molecule has 0 unspecified atom stereocenters. The van der Waals surface area contributed by atoms with E-state index in [4.69, 9.17) is 15.0 Å². The minimum Gasteiger partial charge on any atom is -0.469 e. The van der Waals surface area contributed by atoms with Crippen LogP contribution < -0.4 is 0 Å². The Bertz CT molecular complexity index is 493. The first-order valence-electron chi connectivity index (χ1n) is 6.82. The van der Waals surface area contributed by atoms with Gasteiger partial charge in [-0.2, -0.15) is 0 Å². The number of amides is 1. The van der Waals surface area contributed by atoms with Gasteiger partial charge in [-0.25, -0.2) is 4.79 Å². The highest BCUT2D eigenvalue weighted by atomic mass is 16.6. The molecule has 1 amide bonds. The first kappa shape index (κ1) is 18.1. The second-order valence-electron chi connectivity index (χ2n) is 6.37. The fourth-order valence-electron chi connectivity index (χ4n) is 2.10. The Morgan fingerprint density at radius 2 is 2.05 bits per heavy atom. The van der Waals surface area contributed by atoms with Crippen molar-refractivity contribution in [1.29, 1.82) is 0 Å². The van der Waals surface area contributed by atoms with Gasteiger partial charge >= 0.3 is 12.1 Å². The molecule has 9 heteroatoms. The number of hydrogen-bond acceptors (Lipinski definition) is 6. The molecule has 0 N–H and O–H groups in total. The lowest BCUT2D eigenvalue weighted by atomic mass is 10.1. The topological polar surface area (TPSA) is 114 Å². The van der Waals surface area contributed by atoms with Gasteiger partial charge in [0.15, 0.2) is 6.04 Å². The second kappa shape index (κ2) is 6.41. The molecule has 0 saturated carbocycles. The first-order valence-corrected chi connectivity index (χ1v) is 6.82. The zero-order chi connectivity index (χ0) is 17.1. The van der Waals surface area contributed by atoms with E-state index in [9.17, 15) is 9.59 Å². The highest BCUT2D eigenvalue weighted by molar-refractivity contribution is 5.77. The van der Waals surface area contributed by atoms with E-state index < -0.39 is 35.5 Å². The van der Waals surface area contributed by atoms with Crippen molar-refractivity contribution in [2.24, 2.45) is 5.11 Å². The monoisotopic (exact) mass is 314 g/mol. The van der Waals surface area contributed by atoms with Crippen LogP contribution in [0, 0.1) is 0 Å². The van der Waals surface area contributed by atoms with Crippen molar-refractivity contribution in [3.8, 4) is 0 Å². The highest BCUT2D eigenvalue weighted by Gasteiger charge is 2.48. The van der Waals surface area contributed by atoms with E-state index in [1.807, 2.05) is 0 Å². The predicted octanol–water partition coefficient (Wildman–Crippen LogP) is 2.21. The van der Waals surface area contributed by atoms with Crippen molar-refractivity contribution in [3.05, 3.63) is 10.4 Å². The van der Waals surface area contributed by atoms with E-state index in [0.717, 1.165) is 0 Å². The fraction of sp³-hybridized carbons (Fsp3) is 0.846. The van der Waals surface area contributed by atoms with Crippen LogP contribution in [0.15, 0.2) is 5.11 Å². The smallest absolute Gasteiger partial charge is 0.412 e. The maximum absolute atomic E-state index is 12.2. The summed E-state index contributed by atoms with van der Waals surface area (Å²) in [6, 6.07) is -1.17. The largest absolute Gasteiger partial charge is 0.469 e. The number of hydrogen-bond donors (Lipinski definition) is 0. The lowest BCUT2D eigenvalue weighted by Crippen LogP contribution is -2.46. The third-order valence-electron chi connectivity index (χ3n) is 3.04. The Labute approximate surface area is 129 Å². The van der Waals surface area contributed by atoms with Crippen LogP contribution in [0.1, 0.15) is 34.6 Å². The molecule has 0 aliphatic carbocycles. The molecule has 0 aromatic heterocycles. The van der Waals surface area contributed by atoms with Crippen molar-refractivity contribution in [2.75, 3.05) is 13.7 Å². The number of methoxy groups -OCH3 is 1. The number of ether oxygens (including phenoxy) is 3. The molecular formula is C13H22N4O5. The van der Waals surface area contributed by atoms with Gasteiger partial charge in [-0.05, 0) is 40.1 Å². The van der Waals surface area contributed by atoms with Crippen molar-refractivity contribution in [3.63, 3.8) is 0 Å². The molecule has 124 valence electrons. The van der Waals surface area contributed by atoms with Crippen LogP contribution >= 0.6 is 0 Å². The molecular weight excluding hydrogens is 292 g/mol. The molecule has 22 heavy (non-hydrogen) atoms. The molecule has 1 saturated heterocycles. The van der Waals surface area contributed by atoms with Crippen LogP contribution in [-0.2, 0) is 19.0 Å². The van der Waals surface area contributed by atoms with Crippen LogP contribution in [0.2, 0.25) is 0 Å². The molecule has 0 aromatic carbocycles.